The number of pyridine rings is 1. The number of Topliss-reactive ketones (excluding diaryl/α,β-unsaturated/α-hetero) is 1. The largest absolute Gasteiger partial charge is 0.478 e. The van der Waals surface area contributed by atoms with Crippen LogP contribution in [0, 0.1) is 0 Å². The van der Waals surface area contributed by atoms with Crippen LogP contribution in [0.4, 0.5) is 13.2 Å². The Morgan fingerprint density at radius 1 is 1.00 bits per heavy atom. The topological polar surface area (TPSA) is 83.0 Å². The van der Waals surface area contributed by atoms with Gasteiger partial charge in [0, 0.05) is 29.1 Å². The van der Waals surface area contributed by atoms with E-state index in [2.05, 4.69) is 9.97 Å². The van der Waals surface area contributed by atoms with Crippen molar-refractivity contribution in [1.82, 2.24) is 9.97 Å². The number of carboxylic acid groups (broad SMARTS) is 1. The first kappa shape index (κ1) is 20.3. The maximum Gasteiger partial charge on any atom is 0.416 e. The second kappa shape index (κ2) is 7.71. The normalized spacial score (nSPS) is 11.6. The van der Waals surface area contributed by atoms with Crippen LogP contribution in [-0.2, 0) is 12.6 Å². The fourth-order valence-electron chi connectivity index (χ4n) is 3.30. The van der Waals surface area contributed by atoms with E-state index in [0.29, 0.717) is 27.7 Å². The number of aromatic carboxylic acids is 1. The number of alkyl halides is 3. The van der Waals surface area contributed by atoms with Gasteiger partial charge in [0.05, 0.1) is 16.8 Å². The molecule has 2 aromatic carbocycles. The summed E-state index contributed by atoms with van der Waals surface area (Å²) in [5.74, 6) is -1.40. The maximum atomic E-state index is 12.7. The third-order valence-electron chi connectivity index (χ3n) is 4.89. The Bertz CT molecular complexity index is 1290. The van der Waals surface area contributed by atoms with Crippen LogP contribution < -0.4 is 0 Å². The van der Waals surface area contributed by atoms with Crippen LogP contribution in [0.2, 0.25) is 0 Å². The minimum atomic E-state index is -4.43. The standard InChI is InChI=1S/C23H15F3N2O3/c24-23(25,26)15-7-4-13(5-8-15)10-21(29)20-3-1-2-18(28-20)14-6-9-19-16(11-14)17(12-27-19)22(30)31/h1-9,11-12,27H,10H2,(H,30,31). The fraction of sp³-hybridized carbons (Fsp3) is 0.0870. The summed E-state index contributed by atoms with van der Waals surface area (Å²) < 4.78 is 38.1. The number of hydrogen-bond donors (Lipinski definition) is 2. The molecule has 156 valence electrons. The zero-order valence-corrected chi connectivity index (χ0v) is 15.9. The summed E-state index contributed by atoms with van der Waals surface area (Å²) in [5, 5.41) is 9.83. The summed E-state index contributed by atoms with van der Waals surface area (Å²) in [5.41, 5.74) is 1.76. The van der Waals surface area contributed by atoms with E-state index in [1.165, 1.54) is 24.4 Å². The molecular weight excluding hydrogens is 409 g/mol. The highest BCUT2D eigenvalue weighted by Crippen LogP contribution is 2.29. The number of benzene rings is 2. The van der Waals surface area contributed by atoms with Gasteiger partial charge in [-0.25, -0.2) is 9.78 Å². The molecule has 0 aliphatic rings. The number of fused-ring (bicyclic) bond motifs is 1. The minimum Gasteiger partial charge on any atom is -0.478 e. The van der Waals surface area contributed by atoms with E-state index in [4.69, 9.17) is 0 Å². The number of nitrogens with one attached hydrogen (secondary N) is 1. The SMILES string of the molecule is O=C(Cc1ccc(C(F)(F)F)cc1)c1cccc(-c2ccc3[nH]cc(C(=O)O)c3c2)n1. The van der Waals surface area contributed by atoms with Gasteiger partial charge in [0.15, 0.2) is 5.78 Å². The Kier molecular flexibility index (Phi) is 5.06. The molecule has 0 radical (unpaired) electrons. The van der Waals surface area contributed by atoms with Crippen molar-refractivity contribution in [3.63, 3.8) is 0 Å². The molecular formula is C23H15F3N2O3. The van der Waals surface area contributed by atoms with Crippen LogP contribution in [0.5, 0.6) is 0 Å². The molecule has 0 saturated heterocycles. The lowest BCUT2D eigenvalue weighted by Crippen LogP contribution is -2.08. The van der Waals surface area contributed by atoms with Gasteiger partial charge >= 0.3 is 12.1 Å². The molecule has 0 unspecified atom stereocenters. The van der Waals surface area contributed by atoms with E-state index < -0.39 is 17.7 Å². The highest BCUT2D eigenvalue weighted by molar-refractivity contribution is 6.04. The molecule has 0 aliphatic heterocycles. The van der Waals surface area contributed by atoms with Crippen molar-refractivity contribution in [3.8, 4) is 11.3 Å². The van der Waals surface area contributed by atoms with Crippen molar-refractivity contribution in [2.75, 3.05) is 0 Å². The quantitative estimate of drug-likeness (QED) is 0.422. The molecule has 2 heterocycles. The lowest BCUT2D eigenvalue weighted by atomic mass is 10.0. The molecule has 0 spiro atoms. The minimum absolute atomic E-state index is 0.0887. The number of aromatic nitrogens is 2. The van der Waals surface area contributed by atoms with E-state index in [9.17, 15) is 27.9 Å². The van der Waals surface area contributed by atoms with Crippen LogP contribution in [0.15, 0.2) is 66.9 Å². The molecule has 0 atom stereocenters. The second-order valence-electron chi connectivity index (χ2n) is 6.97. The number of aromatic amines is 1. The van der Waals surface area contributed by atoms with Gasteiger partial charge in [-0.15, -0.1) is 0 Å². The van der Waals surface area contributed by atoms with Crippen LogP contribution >= 0.6 is 0 Å². The summed E-state index contributed by atoms with van der Waals surface area (Å²) in [6, 6.07) is 14.5. The molecule has 8 heteroatoms. The highest BCUT2D eigenvalue weighted by atomic mass is 19.4. The Morgan fingerprint density at radius 2 is 1.74 bits per heavy atom. The molecule has 0 bridgehead atoms. The molecule has 0 saturated carbocycles. The van der Waals surface area contributed by atoms with Gasteiger partial charge in [-0.2, -0.15) is 13.2 Å². The van der Waals surface area contributed by atoms with Gasteiger partial charge in [-0.3, -0.25) is 4.79 Å². The van der Waals surface area contributed by atoms with Gasteiger partial charge in [0.2, 0.25) is 0 Å². The first-order valence-corrected chi connectivity index (χ1v) is 9.23. The van der Waals surface area contributed by atoms with Crippen molar-refractivity contribution in [2.45, 2.75) is 12.6 Å². The Morgan fingerprint density at radius 3 is 2.42 bits per heavy atom. The second-order valence-corrected chi connectivity index (χ2v) is 6.97. The van der Waals surface area contributed by atoms with E-state index in [-0.39, 0.29) is 23.5 Å². The molecule has 4 aromatic rings. The highest BCUT2D eigenvalue weighted by Gasteiger charge is 2.30. The lowest BCUT2D eigenvalue weighted by molar-refractivity contribution is -0.137. The number of nitrogens with zero attached hydrogens (tertiary/aromatic N) is 1. The predicted octanol–water partition coefficient (Wildman–Crippen LogP) is 5.37. The van der Waals surface area contributed by atoms with Gasteiger partial charge in [0.25, 0.3) is 0 Å². The van der Waals surface area contributed by atoms with Crippen LogP contribution in [-0.4, -0.2) is 26.8 Å². The van der Waals surface area contributed by atoms with Crippen molar-refractivity contribution in [1.29, 1.82) is 0 Å². The zero-order chi connectivity index (χ0) is 22.2. The van der Waals surface area contributed by atoms with Crippen LogP contribution in [0.25, 0.3) is 22.2 Å². The number of H-pyrrole nitrogens is 1. The van der Waals surface area contributed by atoms with Crippen molar-refractivity contribution in [2.24, 2.45) is 0 Å². The number of hydrogen-bond acceptors (Lipinski definition) is 3. The first-order chi connectivity index (χ1) is 14.7. The molecule has 2 aromatic heterocycles. The van der Waals surface area contributed by atoms with E-state index in [0.717, 1.165) is 12.1 Å². The zero-order valence-electron chi connectivity index (χ0n) is 15.9. The van der Waals surface area contributed by atoms with Gasteiger partial charge in [-0.1, -0.05) is 24.3 Å². The van der Waals surface area contributed by atoms with Crippen molar-refractivity contribution < 1.29 is 27.9 Å². The average Bonchev–Trinajstić information content (AvgIpc) is 3.17. The molecule has 4 rings (SSSR count). The van der Waals surface area contributed by atoms with Crippen molar-refractivity contribution in [3.05, 3.63) is 89.2 Å². The summed E-state index contributed by atoms with van der Waals surface area (Å²) in [6.45, 7) is 0. The average molecular weight is 424 g/mol. The van der Waals surface area contributed by atoms with Crippen molar-refractivity contribution >= 4 is 22.7 Å². The van der Waals surface area contributed by atoms with Gasteiger partial charge in [0.1, 0.15) is 5.69 Å². The number of carbonyl (C=O) groups excluding carboxylic acids is 1. The smallest absolute Gasteiger partial charge is 0.416 e. The first-order valence-electron chi connectivity index (χ1n) is 9.23. The fourth-order valence-corrected chi connectivity index (χ4v) is 3.30. The molecule has 31 heavy (non-hydrogen) atoms. The number of halogens is 3. The monoisotopic (exact) mass is 424 g/mol. The Balaban J connectivity index is 1.59. The number of rotatable bonds is 5. The summed E-state index contributed by atoms with van der Waals surface area (Å²) in [6.07, 6.45) is -3.11. The number of carbonyl (C=O) groups is 2. The van der Waals surface area contributed by atoms with Crippen LogP contribution in [0.3, 0.4) is 0 Å². The maximum absolute atomic E-state index is 12.7. The predicted molar refractivity (Wildman–Crippen MR) is 108 cm³/mol. The Labute approximate surface area is 174 Å². The van der Waals surface area contributed by atoms with Gasteiger partial charge in [-0.05, 0) is 42.0 Å². The number of carboxylic acids is 1. The summed E-state index contributed by atoms with van der Waals surface area (Å²) in [7, 11) is 0. The summed E-state index contributed by atoms with van der Waals surface area (Å²) >= 11 is 0. The molecule has 0 aliphatic carbocycles. The number of ketones is 1. The molecule has 0 amide bonds. The molecule has 2 N–H and O–H groups in total. The van der Waals surface area contributed by atoms with E-state index >= 15 is 0 Å². The Hall–Kier alpha value is -3.94. The van der Waals surface area contributed by atoms with Crippen LogP contribution in [0.1, 0.15) is 32.0 Å². The third kappa shape index (κ3) is 4.18. The van der Waals surface area contributed by atoms with E-state index in [1.54, 1.807) is 30.3 Å². The summed E-state index contributed by atoms with van der Waals surface area (Å²) in [4.78, 5) is 31.3. The molecule has 0 fully saturated rings. The van der Waals surface area contributed by atoms with Gasteiger partial charge < -0.3 is 10.1 Å². The molecule has 5 nitrogen and oxygen atoms in total. The van der Waals surface area contributed by atoms with E-state index in [1.807, 2.05) is 0 Å². The lowest BCUT2D eigenvalue weighted by Gasteiger charge is -2.08. The third-order valence-corrected chi connectivity index (χ3v) is 4.89.